The van der Waals surface area contributed by atoms with Gasteiger partial charge >= 0.3 is 0 Å². The molecule has 3 rings (SSSR count). The molecule has 1 amide bonds. The summed E-state index contributed by atoms with van der Waals surface area (Å²) in [6, 6.07) is 12.3. The summed E-state index contributed by atoms with van der Waals surface area (Å²) in [5.41, 5.74) is 4.90. The number of likely N-dealkylation sites (tertiary alicyclic amines) is 1. The molecule has 29 heavy (non-hydrogen) atoms. The average Bonchev–Trinajstić information content (AvgIpc) is 2.71. The Morgan fingerprint density at radius 3 is 2.41 bits per heavy atom. The van der Waals surface area contributed by atoms with E-state index in [9.17, 15) is 4.79 Å². The summed E-state index contributed by atoms with van der Waals surface area (Å²) in [6.07, 6.45) is 2.66. The van der Waals surface area contributed by atoms with Crippen LogP contribution in [0.4, 0.5) is 0 Å². The number of piperidine rings is 1. The number of carbonyl (C=O) groups excluding carboxylic acids is 1. The zero-order valence-electron chi connectivity index (χ0n) is 17.5. The third-order valence-corrected chi connectivity index (χ3v) is 6.75. The van der Waals surface area contributed by atoms with Crippen LogP contribution in [0, 0.1) is 19.8 Å². The predicted molar refractivity (Wildman–Crippen MR) is 122 cm³/mol. The summed E-state index contributed by atoms with van der Waals surface area (Å²) in [6.45, 7) is 9.03. The van der Waals surface area contributed by atoms with E-state index in [4.69, 9.17) is 23.2 Å². The van der Waals surface area contributed by atoms with Crippen molar-refractivity contribution in [3.8, 4) is 0 Å². The molecule has 0 aliphatic carbocycles. The Kier molecular flexibility index (Phi) is 7.61. The number of rotatable bonds is 6. The average molecular weight is 433 g/mol. The van der Waals surface area contributed by atoms with Gasteiger partial charge in [-0.3, -0.25) is 9.69 Å². The molecule has 1 fully saturated rings. The first-order valence-electron chi connectivity index (χ1n) is 10.4. The molecule has 0 bridgehead atoms. The summed E-state index contributed by atoms with van der Waals surface area (Å²) < 4.78 is 0. The minimum atomic E-state index is 0.0797. The summed E-state index contributed by atoms with van der Waals surface area (Å²) in [4.78, 5) is 15.3. The highest BCUT2D eigenvalue weighted by atomic mass is 35.5. The molecule has 1 saturated heterocycles. The zero-order chi connectivity index (χ0) is 21.0. The van der Waals surface area contributed by atoms with E-state index in [1.165, 1.54) is 16.7 Å². The lowest BCUT2D eigenvalue weighted by molar-refractivity contribution is -0.127. The van der Waals surface area contributed by atoms with Gasteiger partial charge in [0.15, 0.2) is 0 Å². The van der Waals surface area contributed by atoms with E-state index in [0.717, 1.165) is 44.5 Å². The Bertz CT molecular complexity index is 860. The van der Waals surface area contributed by atoms with Gasteiger partial charge in [0.1, 0.15) is 0 Å². The molecule has 0 spiro atoms. The van der Waals surface area contributed by atoms with E-state index in [-0.39, 0.29) is 17.9 Å². The molecule has 2 aromatic carbocycles. The van der Waals surface area contributed by atoms with Gasteiger partial charge in [0.2, 0.25) is 5.91 Å². The lowest BCUT2D eigenvalue weighted by atomic mass is 9.94. The van der Waals surface area contributed by atoms with Crippen LogP contribution in [0.2, 0.25) is 10.0 Å². The second-order valence-electron chi connectivity index (χ2n) is 8.11. The number of hydrogen-bond donors (Lipinski definition) is 1. The smallest absolute Gasteiger partial charge is 0.223 e. The Morgan fingerprint density at radius 1 is 1.07 bits per heavy atom. The van der Waals surface area contributed by atoms with Crippen molar-refractivity contribution in [2.45, 2.75) is 52.6 Å². The van der Waals surface area contributed by atoms with Gasteiger partial charge in [-0.05, 0) is 80.6 Å². The quantitative estimate of drug-likeness (QED) is 0.598. The molecule has 3 nitrogen and oxygen atoms in total. The van der Waals surface area contributed by atoms with Crippen molar-refractivity contribution in [2.75, 3.05) is 13.1 Å². The Hall–Kier alpha value is -1.55. The molecule has 1 N–H and O–H groups in total. The number of nitrogens with zero attached hydrogens (tertiary/aromatic N) is 1. The third kappa shape index (κ3) is 5.75. The fourth-order valence-electron chi connectivity index (χ4n) is 3.94. The molecule has 1 atom stereocenters. The Balaban J connectivity index is 1.53. The Labute approximate surface area is 184 Å². The third-order valence-electron chi connectivity index (χ3n) is 6.01. The normalized spacial score (nSPS) is 16.6. The van der Waals surface area contributed by atoms with Crippen LogP contribution in [0.15, 0.2) is 36.4 Å². The molecule has 2 aromatic rings. The second-order valence-corrected chi connectivity index (χ2v) is 8.93. The number of halogens is 2. The monoisotopic (exact) mass is 432 g/mol. The molecule has 0 aromatic heterocycles. The molecule has 0 radical (unpaired) electrons. The van der Waals surface area contributed by atoms with E-state index in [2.05, 4.69) is 49.2 Å². The first kappa shape index (κ1) is 22.1. The SMILES string of the molecule is CC[C@H](NC(=O)C1CCN(Cc2ccc(Cl)c(Cl)c2)CC1)c1ccc(C)c(C)c1. The number of nitrogens with one attached hydrogen (secondary N) is 1. The van der Waals surface area contributed by atoms with Crippen molar-refractivity contribution in [2.24, 2.45) is 5.92 Å². The van der Waals surface area contributed by atoms with Gasteiger partial charge in [-0.1, -0.05) is 54.4 Å². The van der Waals surface area contributed by atoms with Gasteiger partial charge in [-0.2, -0.15) is 0 Å². The lowest BCUT2D eigenvalue weighted by Gasteiger charge is -2.32. The van der Waals surface area contributed by atoms with Crippen LogP contribution in [-0.4, -0.2) is 23.9 Å². The number of hydrogen-bond acceptors (Lipinski definition) is 2. The number of aryl methyl sites for hydroxylation is 2. The van der Waals surface area contributed by atoms with E-state index in [0.29, 0.717) is 10.0 Å². The Morgan fingerprint density at radius 2 is 1.79 bits per heavy atom. The molecule has 1 heterocycles. The van der Waals surface area contributed by atoms with Gasteiger partial charge in [0, 0.05) is 12.5 Å². The van der Waals surface area contributed by atoms with Crippen LogP contribution in [0.5, 0.6) is 0 Å². The van der Waals surface area contributed by atoms with Crippen molar-refractivity contribution in [3.63, 3.8) is 0 Å². The van der Waals surface area contributed by atoms with Gasteiger partial charge in [-0.15, -0.1) is 0 Å². The van der Waals surface area contributed by atoms with E-state index >= 15 is 0 Å². The van der Waals surface area contributed by atoms with Gasteiger partial charge in [0.25, 0.3) is 0 Å². The standard InChI is InChI=1S/C24H30Cl2N2O/c1-4-23(20-7-5-16(2)17(3)13-20)27-24(29)19-9-11-28(12-10-19)15-18-6-8-21(25)22(26)14-18/h5-8,13-14,19,23H,4,9-12,15H2,1-3H3,(H,27,29)/t23-/m0/s1. The number of benzene rings is 2. The minimum absolute atomic E-state index is 0.0797. The molecule has 0 saturated carbocycles. The van der Waals surface area contributed by atoms with Crippen LogP contribution in [0.3, 0.4) is 0 Å². The van der Waals surface area contributed by atoms with Gasteiger partial charge < -0.3 is 5.32 Å². The van der Waals surface area contributed by atoms with E-state index in [1.807, 2.05) is 18.2 Å². The second kappa shape index (κ2) is 9.97. The molecular weight excluding hydrogens is 403 g/mol. The fraction of sp³-hybridized carbons (Fsp3) is 0.458. The van der Waals surface area contributed by atoms with Crippen LogP contribution in [-0.2, 0) is 11.3 Å². The highest BCUT2D eigenvalue weighted by Gasteiger charge is 2.26. The minimum Gasteiger partial charge on any atom is -0.349 e. The van der Waals surface area contributed by atoms with Crippen molar-refractivity contribution < 1.29 is 4.79 Å². The highest BCUT2D eigenvalue weighted by molar-refractivity contribution is 6.42. The zero-order valence-corrected chi connectivity index (χ0v) is 19.0. The molecular formula is C24H30Cl2N2O. The lowest BCUT2D eigenvalue weighted by Crippen LogP contribution is -2.41. The van der Waals surface area contributed by atoms with Crippen molar-refractivity contribution in [3.05, 3.63) is 68.7 Å². The topological polar surface area (TPSA) is 32.3 Å². The van der Waals surface area contributed by atoms with Crippen LogP contribution in [0.1, 0.15) is 54.5 Å². The van der Waals surface area contributed by atoms with Crippen LogP contribution in [0.25, 0.3) is 0 Å². The maximum absolute atomic E-state index is 12.9. The largest absolute Gasteiger partial charge is 0.349 e. The summed E-state index contributed by atoms with van der Waals surface area (Å²) >= 11 is 12.1. The molecule has 1 aliphatic heterocycles. The van der Waals surface area contributed by atoms with Gasteiger partial charge in [-0.25, -0.2) is 0 Å². The molecule has 156 valence electrons. The maximum Gasteiger partial charge on any atom is 0.223 e. The molecule has 0 unspecified atom stereocenters. The van der Waals surface area contributed by atoms with Crippen LogP contribution >= 0.6 is 23.2 Å². The van der Waals surface area contributed by atoms with Crippen molar-refractivity contribution in [1.82, 2.24) is 10.2 Å². The predicted octanol–water partition coefficient (Wildman–Crippen LogP) is 6.09. The van der Waals surface area contributed by atoms with Gasteiger partial charge in [0.05, 0.1) is 16.1 Å². The maximum atomic E-state index is 12.9. The highest BCUT2D eigenvalue weighted by Crippen LogP contribution is 2.26. The summed E-state index contributed by atoms with van der Waals surface area (Å²) in [7, 11) is 0. The van der Waals surface area contributed by atoms with Crippen molar-refractivity contribution in [1.29, 1.82) is 0 Å². The molecule has 5 heteroatoms. The van der Waals surface area contributed by atoms with Crippen molar-refractivity contribution >= 4 is 29.1 Å². The first-order chi connectivity index (χ1) is 13.9. The first-order valence-corrected chi connectivity index (χ1v) is 11.2. The summed E-state index contributed by atoms with van der Waals surface area (Å²) in [5, 5.41) is 4.46. The van der Waals surface area contributed by atoms with Crippen LogP contribution < -0.4 is 5.32 Å². The molecule has 1 aliphatic rings. The van der Waals surface area contributed by atoms with E-state index < -0.39 is 0 Å². The fourth-order valence-corrected chi connectivity index (χ4v) is 4.26. The summed E-state index contributed by atoms with van der Waals surface area (Å²) in [5.74, 6) is 0.268. The number of amides is 1. The number of carbonyl (C=O) groups is 1. The van der Waals surface area contributed by atoms with E-state index in [1.54, 1.807) is 0 Å².